The molecule has 0 saturated carbocycles. The highest BCUT2D eigenvalue weighted by atomic mass is 32.2. The molecule has 1 heterocycles. The van der Waals surface area contributed by atoms with E-state index in [0.29, 0.717) is 5.69 Å². The summed E-state index contributed by atoms with van der Waals surface area (Å²) in [5.41, 5.74) is 2.62. The first kappa shape index (κ1) is 17.4. The molecular formula is C19H21N3O2S. The quantitative estimate of drug-likeness (QED) is 0.780. The Balaban J connectivity index is 1.55. The number of fused-ring (bicyclic) bond motifs is 1. The van der Waals surface area contributed by atoms with Crippen molar-refractivity contribution in [3.63, 3.8) is 0 Å². The van der Waals surface area contributed by atoms with Crippen LogP contribution in [0.15, 0.2) is 53.4 Å². The Labute approximate surface area is 151 Å². The van der Waals surface area contributed by atoms with Crippen LogP contribution in [0.3, 0.4) is 0 Å². The van der Waals surface area contributed by atoms with E-state index in [1.54, 1.807) is 36.0 Å². The fourth-order valence-electron chi connectivity index (χ4n) is 2.62. The number of amides is 3. The molecule has 2 aromatic carbocycles. The van der Waals surface area contributed by atoms with Crippen molar-refractivity contribution in [2.75, 3.05) is 10.6 Å². The number of nitrogens with one attached hydrogen (secondary N) is 3. The van der Waals surface area contributed by atoms with E-state index < -0.39 is 0 Å². The standard InChI is InChI=1S/C19H21N3O2S/c1-12(2)20-19(24)22-15-9-7-14(8-10-15)21-18(23)17-11-13-5-3-4-6-16(13)25-17/h3-10,12,17H,11H2,1-2H3,(H,21,23)(H2,20,22,24). The third kappa shape index (κ3) is 4.54. The van der Waals surface area contributed by atoms with E-state index in [-0.39, 0.29) is 23.2 Å². The molecule has 0 spiro atoms. The summed E-state index contributed by atoms with van der Waals surface area (Å²) in [6, 6.07) is 15.1. The molecule has 0 aliphatic carbocycles. The molecular weight excluding hydrogens is 334 g/mol. The lowest BCUT2D eigenvalue weighted by atomic mass is 10.1. The van der Waals surface area contributed by atoms with Gasteiger partial charge in [-0.3, -0.25) is 4.79 Å². The van der Waals surface area contributed by atoms with Crippen molar-refractivity contribution in [2.24, 2.45) is 0 Å². The molecule has 1 atom stereocenters. The average molecular weight is 355 g/mol. The zero-order valence-electron chi connectivity index (χ0n) is 14.2. The Morgan fingerprint density at radius 3 is 2.28 bits per heavy atom. The zero-order chi connectivity index (χ0) is 17.8. The van der Waals surface area contributed by atoms with Crippen LogP contribution in [0.1, 0.15) is 19.4 Å². The van der Waals surface area contributed by atoms with E-state index in [9.17, 15) is 9.59 Å². The van der Waals surface area contributed by atoms with Gasteiger partial charge in [0.25, 0.3) is 0 Å². The van der Waals surface area contributed by atoms with Crippen LogP contribution in [-0.4, -0.2) is 23.2 Å². The third-order valence-electron chi connectivity index (χ3n) is 3.77. The minimum Gasteiger partial charge on any atom is -0.336 e. The maximum absolute atomic E-state index is 12.5. The molecule has 25 heavy (non-hydrogen) atoms. The van der Waals surface area contributed by atoms with Crippen LogP contribution in [0.5, 0.6) is 0 Å². The van der Waals surface area contributed by atoms with Crippen LogP contribution < -0.4 is 16.0 Å². The van der Waals surface area contributed by atoms with Crippen molar-refractivity contribution in [3.05, 3.63) is 54.1 Å². The fraction of sp³-hybridized carbons (Fsp3) is 0.263. The number of anilines is 2. The van der Waals surface area contributed by atoms with E-state index in [0.717, 1.165) is 12.1 Å². The number of benzene rings is 2. The van der Waals surface area contributed by atoms with E-state index in [1.807, 2.05) is 26.0 Å². The van der Waals surface area contributed by atoms with Gasteiger partial charge in [-0.25, -0.2) is 4.79 Å². The Morgan fingerprint density at radius 2 is 1.64 bits per heavy atom. The molecule has 130 valence electrons. The summed E-state index contributed by atoms with van der Waals surface area (Å²) in [5.74, 6) is -0.000500. The number of hydrogen-bond donors (Lipinski definition) is 3. The van der Waals surface area contributed by atoms with Crippen LogP contribution in [0.25, 0.3) is 0 Å². The molecule has 0 saturated heterocycles. The van der Waals surface area contributed by atoms with Gasteiger partial charge in [-0.2, -0.15) is 0 Å². The first-order valence-electron chi connectivity index (χ1n) is 8.24. The number of carbonyl (C=O) groups excluding carboxylic acids is 2. The van der Waals surface area contributed by atoms with Crippen LogP contribution in [-0.2, 0) is 11.2 Å². The second kappa shape index (κ2) is 7.61. The lowest BCUT2D eigenvalue weighted by molar-refractivity contribution is -0.115. The maximum Gasteiger partial charge on any atom is 0.319 e. The molecule has 0 bridgehead atoms. The monoisotopic (exact) mass is 355 g/mol. The molecule has 0 fully saturated rings. The molecule has 0 aromatic heterocycles. The lowest BCUT2D eigenvalue weighted by Gasteiger charge is -2.12. The Hall–Kier alpha value is -2.47. The normalized spacial score (nSPS) is 15.6. The Bertz CT molecular complexity index is 749. The van der Waals surface area contributed by atoms with Gasteiger partial charge in [0.1, 0.15) is 0 Å². The van der Waals surface area contributed by atoms with Crippen molar-refractivity contribution in [2.45, 2.75) is 36.5 Å². The summed E-state index contributed by atoms with van der Waals surface area (Å²) in [5, 5.41) is 8.35. The summed E-state index contributed by atoms with van der Waals surface area (Å²) in [7, 11) is 0. The van der Waals surface area contributed by atoms with Gasteiger partial charge in [0.05, 0.1) is 5.25 Å². The van der Waals surface area contributed by atoms with Crippen molar-refractivity contribution < 1.29 is 9.59 Å². The van der Waals surface area contributed by atoms with Gasteiger partial charge >= 0.3 is 6.03 Å². The van der Waals surface area contributed by atoms with Gasteiger partial charge in [0, 0.05) is 22.3 Å². The Morgan fingerprint density at radius 1 is 1.00 bits per heavy atom. The number of hydrogen-bond acceptors (Lipinski definition) is 3. The maximum atomic E-state index is 12.5. The van der Waals surface area contributed by atoms with Crippen molar-refractivity contribution in [1.29, 1.82) is 0 Å². The molecule has 3 amide bonds. The van der Waals surface area contributed by atoms with Gasteiger partial charge in [0.15, 0.2) is 0 Å². The molecule has 2 aromatic rings. The van der Waals surface area contributed by atoms with Gasteiger partial charge in [-0.15, -0.1) is 11.8 Å². The predicted molar refractivity (Wildman–Crippen MR) is 102 cm³/mol. The summed E-state index contributed by atoms with van der Waals surface area (Å²) in [4.78, 5) is 25.3. The topological polar surface area (TPSA) is 70.2 Å². The van der Waals surface area contributed by atoms with Crippen LogP contribution in [0.4, 0.5) is 16.2 Å². The van der Waals surface area contributed by atoms with Crippen LogP contribution >= 0.6 is 11.8 Å². The SMILES string of the molecule is CC(C)NC(=O)Nc1ccc(NC(=O)C2Cc3ccccc3S2)cc1. The summed E-state index contributed by atoms with van der Waals surface area (Å²) in [6.07, 6.45) is 0.752. The lowest BCUT2D eigenvalue weighted by Crippen LogP contribution is -2.34. The minimum atomic E-state index is -0.244. The predicted octanol–water partition coefficient (Wildman–Crippen LogP) is 3.87. The second-order valence-electron chi connectivity index (χ2n) is 6.24. The van der Waals surface area contributed by atoms with Gasteiger partial charge < -0.3 is 16.0 Å². The third-order valence-corrected chi connectivity index (χ3v) is 5.09. The highest BCUT2D eigenvalue weighted by Gasteiger charge is 2.27. The smallest absolute Gasteiger partial charge is 0.319 e. The molecule has 1 unspecified atom stereocenters. The van der Waals surface area contributed by atoms with Gasteiger partial charge in [-0.05, 0) is 56.2 Å². The van der Waals surface area contributed by atoms with Crippen molar-refractivity contribution in [1.82, 2.24) is 5.32 Å². The van der Waals surface area contributed by atoms with Crippen molar-refractivity contribution >= 4 is 35.1 Å². The van der Waals surface area contributed by atoms with Gasteiger partial charge in [0.2, 0.25) is 5.91 Å². The van der Waals surface area contributed by atoms with Crippen molar-refractivity contribution in [3.8, 4) is 0 Å². The summed E-state index contributed by atoms with van der Waals surface area (Å²) >= 11 is 1.60. The molecule has 0 radical (unpaired) electrons. The largest absolute Gasteiger partial charge is 0.336 e. The van der Waals surface area contributed by atoms with Crippen LogP contribution in [0, 0.1) is 0 Å². The highest BCUT2D eigenvalue weighted by molar-refractivity contribution is 8.01. The van der Waals surface area contributed by atoms with E-state index in [1.165, 1.54) is 10.5 Å². The number of rotatable bonds is 4. The molecule has 1 aliphatic rings. The molecule has 3 rings (SSSR count). The van der Waals surface area contributed by atoms with E-state index >= 15 is 0 Å². The van der Waals surface area contributed by atoms with Gasteiger partial charge in [-0.1, -0.05) is 18.2 Å². The van der Waals surface area contributed by atoms with Crippen LogP contribution in [0.2, 0.25) is 0 Å². The summed E-state index contributed by atoms with van der Waals surface area (Å²) < 4.78 is 0. The number of carbonyl (C=O) groups is 2. The molecule has 1 aliphatic heterocycles. The minimum absolute atomic E-state index is 0.000500. The number of urea groups is 1. The zero-order valence-corrected chi connectivity index (χ0v) is 15.0. The molecule has 6 heteroatoms. The van der Waals surface area contributed by atoms with E-state index in [2.05, 4.69) is 28.1 Å². The highest BCUT2D eigenvalue weighted by Crippen LogP contribution is 2.37. The average Bonchev–Trinajstić information content (AvgIpc) is 3.00. The second-order valence-corrected chi connectivity index (χ2v) is 7.48. The molecule has 5 nitrogen and oxygen atoms in total. The first-order chi connectivity index (χ1) is 12.0. The number of thioether (sulfide) groups is 1. The molecule has 3 N–H and O–H groups in total. The first-order valence-corrected chi connectivity index (χ1v) is 9.12. The summed E-state index contributed by atoms with van der Waals surface area (Å²) in [6.45, 7) is 3.80. The Kier molecular flexibility index (Phi) is 5.28. The van der Waals surface area contributed by atoms with E-state index in [4.69, 9.17) is 0 Å². The fourth-order valence-corrected chi connectivity index (χ4v) is 3.81.